The van der Waals surface area contributed by atoms with Gasteiger partial charge in [0, 0.05) is 16.0 Å². The minimum atomic E-state index is -1.02. The molecular formula is C19H18ClNO3. The van der Waals surface area contributed by atoms with Crippen LogP contribution in [0.1, 0.15) is 26.3 Å². The highest BCUT2D eigenvalue weighted by molar-refractivity contribution is 6.31. The monoisotopic (exact) mass is 343 g/mol. The summed E-state index contributed by atoms with van der Waals surface area (Å²) in [4.78, 5) is 11.6. The van der Waals surface area contributed by atoms with Crippen LogP contribution in [0.2, 0.25) is 5.02 Å². The van der Waals surface area contributed by atoms with E-state index < -0.39 is 17.5 Å². The van der Waals surface area contributed by atoms with E-state index in [-0.39, 0.29) is 0 Å². The molecule has 0 saturated heterocycles. The molecule has 0 aliphatic carbocycles. The Kier molecular flexibility index (Phi) is 5.16. The number of ether oxygens (including phenoxy) is 1. The molecule has 2 aromatic rings. The van der Waals surface area contributed by atoms with E-state index in [4.69, 9.17) is 21.6 Å². The van der Waals surface area contributed by atoms with Gasteiger partial charge in [-0.1, -0.05) is 44.5 Å². The smallest absolute Gasteiger partial charge is 0.345 e. The maximum Gasteiger partial charge on any atom is 0.345 e. The molecule has 2 rings (SSSR count). The SMILES string of the molecule is CC(C)(C)C(Oc1ccc(Cl)cc1-c1ccc(C#N)cc1)C(=O)O. The molecule has 0 heterocycles. The molecule has 2 aromatic carbocycles. The Morgan fingerprint density at radius 3 is 2.33 bits per heavy atom. The van der Waals surface area contributed by atoms with Gasteiger partial charge in [0.05, 0.1) is 11.6 Å². The lowest BCUT2D eigenvalue weighted by atomic mass is 9.89. The quantitative estimate of drug-likeness (QED) is 0.869. The molecule has 0 saturated carbocycles. The van der Waals surface area contributed by atoms with Gasteiger partial charge < -0.3 is 9.84 Å². The number of aliphatic carboxylic acids is 1. The summed E-state index contributed by atoms with van der Waals surface area (Å²) in [5.74, 6) is -0.588. The van der Waals surface area contributed by atoms with E-state index in [0.29, 0.717) is 21.9 Å². The third-order valence-corrected chi connectivity index (χ3v) is 3.76. The van der Waals surface area contributed by atoms with Crippen LogP contribution < -0.4 is 4.74 Å². The Morgan fingerprint density at radius 2 is 1.83 bits per heavy atom. The molecule has 0 aliphatic heterocycles. The summed E-state index contributed by atoms with van der Waals surface area (Å²) in [5.41, 5.74) is 1.45. The molecule has 1 unspecified atom stereocenters. The van der Waals surface area contributed by atoms with Gasteiger partial charge in [-0.25, -0.2) is 4.79 Å². The van der Waals surface area contributed by atoms with E-state index >= 15 is 0 Å². The maximum absolute atomic E-state index is 11.6. The standard InChI is InChI=1S/C19H18ClNO3/c1-19(2,3)17(18(22)23)24-16-9-8-14(20)10-15(16)13-6-4-12(11-21)5-7-13/h4-10,17H,1-3H3,(H,22,23). The Hall–Kier alpha value is -2.51. The molecule has 1 atom stereocenters. The molecule has 0 spiro atoms. The molecule has 0 bridgehead atoms. The Bertz CT molecular complexity index is 786. The number of rotatable bonds is 4. The second-order valence-electron chi connectivity index (χ2n) is 6.53. The fourth-order valence-electron chi connectivity index (χ4n) is 2.28. The lowest BCUT2D eigenvalue weighted by Crippen LogP contribution is -2.39. The second kappa shape index (κ2) is 6.94. The lowest BCUT2D eigenvalue weighted by Gasteiger charge is -2.28. The minimum absolute atomic E-state index is 0.437. The zero-order valence-electron chi connectivity index (χ0n) is 13.7. The second-order valence-corrected chi connectivity index (χ2v) is 6.97. The van der Waals surface area contributed by atoms with Crippen LogP contribution in [0, 0.1) is 16.7 Å². The highest BCUT2D eigenvalue weighted by Crippen LogP contribution is 2.35. The normalized spacial score (nSPS) is 12.3. The number of benzene rings is 2. The van der Waals surface area contributed by atoms with Crippen molar-refractivity contribution in [3.63, 3.8) is 0 Å². The van der Waals surface area contributed by atoms with Crippen molar-refractivity contribution < 1.29 is 14.6 Å². The van der Waals surface area contributed by atoms with Gasteiger partial charge in [0.2, 0.25) is 0 Å². The third kappa shape index (κ3) is 4.06. The molecule has 24 heavy (non-hydrogen) atoms. The van der Waals surface area contributed by atoms with Gasteiger partial charge in [-0.05, 0) is 35.9 Å². The highest BCUT2D eigenvalue weighted by Gasteiger charge is 2.34. The van der Waals surface area contributed by atoms with Crippen molar-refractivity contribution in [3.05, 3.63) is 53.1 Å². The minimum Gasteiger partial charge on any atom is -0.478 e. The summed E-state index contributed by atoms with van der Waals surface area (Å²) in [6.45, 7) is 5.43. The van der Waals surface area contributed by atoms with Crippen LogP contribution in [0.5, 0.6) is 5.75 Å². The Balaban J connectivity index is 2.47. The molecule has 0 amide bonds. The van der Waals surface area contributed by atoms with E-state index in [1.54, 1.807) is 42.5 Å². The molecule has 5 heteroatoms. The van der Waals surface area contributed by atoms with Crippen molar-refractivity contribution in [2.75, 3.05) is 0 Å². The number of carboxylic acids is 1. The number of halogens is 1. The predicted molar refractivity (Wildman–Crippen MR) is 93.1 cm³/mol. The summed E-state index contributed by atoms with van der Waals surface area (Å²) < 4.78 is 5.81. The first-order valence-electron chi connectivity index (χ1n) is 7.42. The van der Waals surface area contributed by atoms with Gasteiger partial charge in [-0.15, -0.1) is 0 Å². The van der Waals surface area contributed by atoms with Crippen LogP contribution in [-0.4, -0.2) is 17.2 Å². The van der Waals surface area contributed by atoms with E-state index in [1.165, 1.54) is 0 Å². The van der Waals surface area contributed by atoms with Gasteiger partial charge in [-0.2, -0.15) is 5.26 Å². The summed E-state index contributed by atoms with van der Waals surface area (Å²) in [6.07, 6.45) is -1.00. The Morgan fingerprint density at radius 1 is 1.21 bits per heavy atom. The third-order valence-electron chi connectivity index (χ3n) is 3.52. The fourth-order valence-corrected chi connectivity index (χ4v) is 2.45. The number of hydrogen-bond donors (Lipinski definition) is 1. The first kappa shape index (κ1) is 17.8. The van der Waals surface area contributed by atoms with Crippen molar-refractivity contribution in [1.82, 2.24) is 0 Å². The topological polar surface area (TPSA) is 70.3 Å². The lowest BCUT2D eigenvalue weighted by molar-refractivity contribution is -0.150. The fraction of sp³-hybridized carbons (Fsp3) is 0.263. The first-order valence-corrected chi connectivity index (χ1v) is 7.79. The van der Waals surface area contributed by atoms with Crippen LogP contribution in [0.15, 0.2) is 42.5 Å². The number of nitriles is 1. The highest BCUT2D eigenvalue weighted by atomic mass is 35.5. The number of hydrogen-bond acceptors (Lipinski definition) is 3. The average Bonchev–Trinajstić information content (AvgIpc) is 2.52. The zero-order chi connectivity index (χ0) is 17.9. The summed E-state index contributed by atoms with van der Waals surface area (Å²) >= 11 is 6.09. The molecule has 4 nitrogen and oxygen atoms in total. The molecule has 124 valence electrons. The van der Waals surface area contributed by atoms with E-state index in [1.807, 2.05) is 20.8 Å². The van der Waals surface area contributed by atoms with Crippen LogP contribution >= 0.6 is 11.6 Å². The maximum atomic E-state index is 11.6. The van der Waals surface area contributed by atoms with E-state index in [9.17, 15) is 9.90 Å². The van der Waals surface area contributed by atoms with Gasteiger partial charge in [-0.3, -0.25) is 0 Å². The van der Waals surface area contributed by atoms with Crippen LogP contribution in [-0.2, 0) is 4.79 Å². The summed E-state index contributed by atoms with van der Waals surface area (Å²) in [5, 5.41) is 18.9. The van der Waals surface area contributed by atoms with Crippen LogP contribution in [0.25, 0.3) is 11.1 Å². The van der Waals surface area contributed by atoms with E-state index in [0.717, 1.165) is 5.56 Å². The summed E-state index contributed by atoms with van der Waals surface area (Å²) in [6, 6.07) is 14.1. The van der Waals surface area contributed by atoms with Gasteiger partial charge in [0.25, 0.3) is 0 Å². The zero-order valence-corrected chi connectivity index (χ0v) is 14.5. The number of carboxylic acid groups (broad SMARTS) is 1. The Labute approximate surface area is 146 Å². The van der Waals surface area contributed by atoms with Crippen molar-refractivity contribution in [2.45, 2.75) is 26.9 Å². The predicted octanol–water partition coefficient (Wildman–Crippen LogP) is 4.76. The summed E-state index contributed by atoms with van der Waals surface area (Å²) in [7, 11) is 0. The molecule has 1 N–H and O–H groups in total. The molecule has 0 fully saturated rings. The molecule has 0 aliphatic rings. The van der Waals surface area contributed by atoms with Crippen molar-refractivity contribution in [1.29, 1.82) is 5.26 Å². The largest absolute Gasteiger partial charge is 0.478 e. The molecular weight excluding hydrogens is 326 g/mol. The van der Waals surface area contributed by atoms with Gasteiger partial charge in [0.15, 0.2) is 6.10 Å². The van der Waals surface area contributed by atoms with Crippen molar-refractivity contribution >= 4 is 17.6 Å². The van der Waals surface area contributed by atoms with E-state index in [2.05, 4.69) is 6.07 Å². The average molecular weight is 344 g/mol. The number of carbonyl (C=O) groups is 1. The number of nitrogens with zero attached hydrogens (tertiary/aromatic N) is 1. The first-order chi connectivity index (χ1) is 11.2. The van der Waals surface area contributed by atoms with Gasteiger partial charge >= 0.3 is 5.97 Å². The van der Waals surface area contributed by atoms with Gasteiger partial charge in [0.1, 0.15) is 5.75 Å². The van der Waals surface area contributed by atoms with Crippen LogP contribution in [0.4, 0.5) is 0 Å². The molecule has 0 aromatic heterocycles. The van der Waals surface area contributed by atoms with Crippen molar-refractivity contribution in [3.8, 4) is 22.9 Å². The van der Waals surface area contributed by atoms with Crippen molar-refractivity contribution in [2.24, 2.45) is 5.41 Å². The van der Waals surface area contributed by atoms with Crippen LogP contribution in [0.3, 0.4) is 0 Å². The molecule has 0 radical (unpaired) electrons.